The average Bonchev–Trinajstić information content (AvgIpc) is 2.29. The molecule has 0 spiro atoms. The summed E-state index contributed by atoms with van der Waals surface area (Å²) in [6.07, 6.45) is 8.41. The van der Waals surface area contributed by atoms with Crippen molar-refractivity contribution in [2.24, 2.45) is 11.7 Å². The summed E-state index contributed by atoms with van der Waals surface area (Å²) in [5, 5.41) is 0.403. The van der Waals surface area contributed by atoms with Crippen LogP contribution in [0.15, 0.2) is 0 Å². The van der Waals surface area contributed by atoms with Gasteiger partial charge in [-0.25, -0.2) is 0 Å². The molecule has 3 unspecified atom stereocenters. The molecule has 2 nitrogen and oxygen atoms in total. The molecule has 0 bridgehead atoms. The van der Waals surface area contributed by atoms with Crippen molar-refractivity contribution in [2.45, 2.75) is 57.1 Å². The average molecular weight is 231 g/mol. The van der Waals surface area contributed by atoms with Crippen LogP contribution in [0.5, 0.6) is 0 Å². The largest absolute Gasteiger partial charge is 0.330 e. The lowest BCUT2D eigenvalue weighted by molar-refractivity contribution is 0.372. The van der Waals surface area contributed by atoms with Crippen LogP contribution in [0.2, 0.25) is 0 Å². The third kappa shape index (κ3) is 4.23. The second-order valence-electron chi connectivity index (χ2n) is 4.61. The van der Waals surface area contributed by atoms with E-state index in [9.17, 15) is 4.21 Å². The summed E-state index contributed by atoms with van der Waals surface area (Å²) in [6, 6.07) is 0. The number of hydrogen-bond acceptors (Lipinski definition) is 2. The predicted molar refractivity (Wildman–Crippen MR) is 67.3 cm³/mol. The minimum atomic E-state index is -0.618. The maximum absolute atomic E-state index is 12.1. The van der Waals surface area contributed by atoms with Gasteiger partial charge in [-0.3, -0.25) is 4.21 Å². The van der Waals surface area contributed by atoms with Gasteiger partial charge in [0, 0.05) is 21.8 Å². The standard InChI is InChI=1S/C12H25NOS/c1-2-3-6-9-15(14)12-8-5-4-7-11(12)10-13/h11-12H,2-10,13H2,1H3. The summed E-state index contributed by atoms with van der Waals surface area (Å²) in [5.74, 6) is 1.43. The van der Waals surface area contributed by atoms with E-state index in [-0.39, 0.29) is 0 Å². The van der Waals surface area contributed by atoms with Gasteiger partial charge in [0.05, 0.1) is 0 Å². The van der Waals surface area contributed by atoms with E-state index in [0.29, 0.717) is 11.2 Å². The lowest BCUT2D eigenvalue weighted by atomic mass is 9.89. The molecule has 0 aromatic rings. The van der Waals surface area contributed by atoms with Crippen LogP contribution in [0.25, 0.3) is 0 Å². The number of unbranched alkanes of at least 4 members (excludes halogenated alkanes) is 2. The molecular weight excluding hydrogens is 206 g/mol. The van der Waals surface area contributed by atoms with Gasteiger partial charge in [0.15, 0.2) is 0 Å². The first-order chi connectivity index (χ1) is 7.29. The molecule has 0 heterocycles. The molecule has 0 aromatic heterocycles. The van der Waals surface area contributed by atoms with Crippen LogP contribution in [0.3, 0.4) is 0 Å². The SMILES string of the molecule is CCCCCS(=O)C1CCCCC1CN. The first kappa shape index (κ1) is 13.2. The molecule has 15 heavy (non-hydrogen) atoms. The molecule has 1 aliphatic carbocycles. The van der Waals surface area contributed by atoms with Gasteiger partial charge in [0.1, 0.15) is 0 Å². The van der Waals surface area contributed by atoms with Crippen LogP contribution in [0, 0.1) is 5.92 Å². The Morgan fingerprint density at radius 1 is 1.27 bits per heavy atom. The highest BCUT2D eigenvalue weighted by atomic mass is 32.2. The Morgan fingerprint density at radius 2 is 2.00 bits per heavy atom. The lowest BCUT2D eigenvalue weighted by Crippen LogP contribution is -2.35. The van der Waals surface area contributed by atoms with Crippen LogP contribution in [0.4, 0.5) is 0 Å². The molecule has 1 rings (SSSR count). The van der Waals surface area contributed by atoms with E-state index in [4.69, 9.17) is 5.73 Å². The maximum atomic E-state index is 12.1. The summed E-state index contributed by atoms with van der Waals surface area (Å²) >= 11 is 0. The highest BCUT2D eigenvalue weighted by molar-refractivity contribution is 7.85. The van der Waals surface area contributed by atoms with Gasteiger partial charge in [-0.15, -0.1) is 0 Å². The highest BCUT2D eigenvalue weighted by Gasteiger charge is 2.28. The summed E-state index contributed by atoms with van der Waals surface area (Å²) in [4.78, 5) is 0. The fourth-order valence-electron chi connectivity index (χ4n) is 2.44. The maximum Gasteiger partial charge on any atom is 0.0388 e. The molecule has 3 heteroatoms. The van der Waals surface area contributed by atoms with Crippen LogP contribution >= 0.6 is 0 Å². The number of rotatable bonds is 6. The van der Waals surface area contributed by atoms with Crippen LogP contribution in [0.1, 0.15) is 51.9 Å². The van der Waals surface area contributed by atoms with Gasteiger partial charge in [-0.2, -0.15) is 0 Å². The van der Waals surface area contributed by atoms with E-state index < -0.39 is 10.8 Å². The van der Waals surface area contributed by atoms with E-state index in [2.05, 4.69) is 6.92 Å². The highest BCUT2D eigenvalue weighted by Crippen LogP contribution is 2.28. The Hall–Kier alpha value is 0.110. The molecule has 1 saturated carbocycles. The normalized spacial score (nSPS) is 28.9. The van der Waals surface area contributed by atoms with Gasteiger partial charge in [-0.1, -0.05) is 32.6 Å². The van der Waals surface area contributed by atoms with Gasteiger partial charge in [-0.05, 0) is 31.7 Å². The smallest absolute Gasteiger partial charge is 0.0388 e. The van der Waals surface area contributed by atoms with Crippen molar-refractivity contribution in [3.63, 3.8) is 0 Å². The second-order valence-corrected chi connectivity index (χ2v) is 6.39. The zero-order valence-electron chi connectivity index (χ0n) is 9.91. The van der Waals surface area contributed by atoms with E-state index >= 15 is 0 Å². The molecular formula is C12H25NOS. The summed E-state index contributed by atoms with van der Waals surface area (Å²) in [6.45, 7) is 2.91. The van der Waals surface area contributed by atoms with E-state index in [0.717, 1.165) is 25.1 Å². The monoisotopic (exact) mass is 231 g/mol. The zero-order chi connectivity index (χ0) is 11.1. The molecule has 0 saturated heterocycles. The van der Waals surface area contributed by atoms with E-state index in [1.807, 2.05) is 0 Å². The molecule has 0 aliphatic heterocycles. The number of nitrogens with two attached hydrogens (primary N) is 1. The summed E-state index contributed by atoms with van der Waals surface area (Å²) in [7, 11) is -0.618. The van der Waals surface area contributed by atoms with Crippen LogP contribution in [-0.2, 0) is 10.8 Å². The molecule has 0 amide bonds. The van der Waals surface area contributed by atoms with Gasteiger partial charge in [0.2, 0.25) is 0 Å². The van der Waals surface area contributed by atoms with Gasteiger partial charge in [0.25, 0.3) is 0 Å². The van der Waals surface area contributed by atoms with Crippen molar-refractivity contribution in [3.8, 4) is 0 Å². The fourth-order valence-corrected chi connectivity index (χ4v) is 4.33. The zero-order valence-corrected chi connectivity index (χ0v) is 10.7. The number of hydrogen-bond donors (Lipinski definition) is 1. The first-order valence-corrected chi connectivity index (χ1v) is 7.75. The van der Waals surface area contributed by atoms with Crippen molar-refractivity contribution in [1.29, 1.82) is 0 Å². The van der Waals surface area contributed by atoms with Crippen molar-refractivity contribution in [1.82, 2.24) is 0 Å². The topological polar surface area (TPSA) is 43.1 Å². The summed E-state index contributed by atoms with van der Waals surface area (Å²) in [5.41, 5.74) is 5.75. The Kier molecular flexibility index (Phi) is 6.50. The Labute approximate surface area is 96.5 Å². The Balaban J connectivity index is 2.34. The van der Waals surface area contributed by atoms with Gasteiger partial charge >= 0.3 is 0 Å². The van der Waals surface area contributed by atoms with Gasteiger partial charge < -0.3 is 5.73 Å². The first-order valence-electron chi connectivity index (χ1n) is 6.36. The third-order valence-electron chi connectivity index (χ3n) is 3.43. The van der Waals surface area contributed by atoms with Crippen molar-refractivity contribution in [2.75, 3.05) is 12.3 Å². The Bertz CT molecular complexity index is 196. The Morgan fingerprint density at radius 3 is 2.67 bits per heavy atom. The van der Waals surface area contributed by atoms with Crippen molar-refractivity contribution >= 4 is 10.8 Å². The molecule has 3 atom stereocenters. The van der Waals surface area contributed by atoms with Crippen molar-refractivity contribution < 1.29 is 4.21 Å². The van der Waals surface area contributed by atoms with Crippen LogP contribution < -0.4 is 5.73 Å². The molecule has 1 fully saturated rings. The molecule has 1 aliphatic rings. The fraction of sp³-hybridized carbons (Fsp3) is 1.00. The third-order valence-corrected chi connectivity index (χ3v) is 5.42. The second kappa shape index (κ2) is 7.39. The quantitative estimate of drug-likeness (QED) is 0.714. The van der Waals surface area contributed by atoms with E-state index in [1.165, 1.54) is 32.1 Å². The molecule has 0 radical (unpaired) electrons. The van der Waals surface area contributed by atoms with E-state index in [1.54, 1.807) is 0 Å². The molecule has 2 N–H and O–H groups in total. The molecule has 0 aromatic carbocycles. The lowest BCUT2D eigenvalue weighted by Gasteiger charge is -2.29. The predicted octanol–water partition coefficient (Wildman–Crippen LogP) is 2.44. The summed E-state index contributed by atoms with van der Waals surface area (Å²) < 4.78 is 12.1. The minimum absolute atomic E-state index is 0.403. The van der Waals surface area contributed by atoms with Crippen LogP contribution in [-0.4, -0.2) is 21.8 Å². The molecule has 90 valence electrons. The minimum Gasteiger partial charge on any atom is -0.330 e. The van der Waals surface area contributed by atoms with Crippen molar-refractivity contribution in [3.05, 3.63) is 0 Å².